The van der Waals surface area contributed by atoms with Gasteiger partial charge in [0.25, 0.3) is 0 Å². The Morgan fingerprint density at radius 3 is 1.49 bits per heavy atom. The summed E-state index contributed by atoms with van der Waals surface area (Å²) < 4.78 is 0. The van der Waals surface area contributed by atoms with Gasteiger partial charge in [0, 0.05) is 16.7 Å². The average molecular weight is 763 g/mol. The molecule has 4 atom stereocenters. The zero-order chi connectivity index (χ0) is 39.9. The lowest BCUT2D eigenvalue weighted by Crippen LogP contribution is -2.42. The molecule has 2 saturated carbocycles. The van der Waals surface area contributed by atoms with Crippen LogP contribution >= 0.6 is 0 Å². The lowest BCUT2D eigenvalue weighted by atomic mass is 9.54. The summed E-state index contributed by atoms with van der Waals surface area (Å²) in [5.41, 5.74) is 12.1. The summed E-state index contributed by atoms with van der Waals surface area (Å²) in [5.74, 6) is 4.35. The van der Waals surface area contributed by atoms with E-state index in [9.17, 15) is 5.26 Å². The van der Waals surface area contributed by atoms with Crippen LogP contribution in [0.5, 0.6) is 0 Å². The smallest absolute Gasteiger partial charge is 0.164 e. The van der Waals surface area contributed by atoms with Crippen molar-refractivity contribution in [1.82, 2.24) is 15.0 Å². The molecule has 0 aliphatic heterocycles. The van der Waals surface area contributed by atoms with Crippen molar-refractivity contribution in [2.45, 2.75) is 51.4 Å². The number of aromatic nitrogens is 3. The van der Waals surface area contributed by atoms with Gasteiger partial charge in [0.1, 0.15) is 0 Å². The zero-order valence-corrected chi connectivity index (χ0v) is 33.6. The molecule has 2 aliphatic carbocycles. The van der Waals surface area contributed by atoms with Gasteiger partial charge in [-0.2, -0.15) is 5.26 Å². The monoisotopic (exact) mass is 762 g/mol. The highest BCUT2D eigenvalue weighted by molar-refractivity contribution is 6.05. The fourth-order valence-corrected chi connectivity index (χ4v) is 10.7. The highest BCUT2D eigenvalue weighted by atomic mass is 15.0. The summed E-state index contributed by atoms with van der Waals surface area (Å²) in [4.78, 5) is 15.4. The molecule has 286 valence electrons. The first-order chi connectivity index (χ1) is 28.9. The fourth-order valence-electron chi connectivity index (χ4n) is 10.7. The van der Waals surface area contributed by atoms with E-state index in [1.54, 1.807) is 0 Å². The summed E-state index contributed by atoms with van der Waals surface area (Å²) >= 11 is 0. The quantitative estimate of drug-likeness (QED) is 0.162. The molecule has 4 heteroatoms. The highest BCUT2D eigenvalue weighted by Crippen LogP contribution is 2.54. The molecule has 8 aromatic rings. The Morgan fingerprint density at radius 2 is 0.898 bits per heavy atom. The van der Waals surface area contributed by atoms with E-state index in [0.717, 1.165) is 62.3 Å². The van der Waals surface area contributed by atoms with Crippen molar-refractivity contribution in [3.8, 4) is 73.6 Å². The number of nitriles is 1. The maximum absolute atomic E-state index is 9.32. The third-order valence-electron chi connectivity index (χ3n) is 13.0. The third kappa shape index (κ3) is 7.02. The van der Waals surface area contributed by atoms with Crippen molar-refractivity contribution in [1.29, 1.82) is 5.26 Å². The van der Waals surface area contributed by atoms with Gasteiger partial charge in [-0.05, 0) is 117 Å². The van der Waals surface area contributed by atoms with E-state index in [-0.39, 0.29) is 0 Å². The molecule has 2 aliphatic rings. The van der Waals surface area contributed by atoms with Crippen molar-refractivity contribution >= 4 is 10.8 Å². The molecule has 4 nitrogen and oxygen atoms in total. The normalized spacial score (nSPS) is 19.9. The van der Waals surface area contributed by atoms with Gasteiger partial charge in [0.05, 0.1) is 11.6 Å². The van der Waals surface area contributed by atoms with Gasteiger partial charge in [0.2, 0.25) is 0 Å². The van der Waals surface area contributed by atoms with Crippen molar-refractivity contribution in [3.05, 3.63) is 175 Å². The molecular weight excluding hydrogens is 717 g/mol. The minimum Gasteiger partial charge on any atom is -0.208 e. The number of hydrogen-bond acceptors (Lipinski definition) is 4. The molecule has 59 heavy (non-hydrogen) atoms. The summed E-state index contributed by atoms with van der Waals surface area (Å²) in [6.07, 6.45) is 6.69. The minimum absolute atomic E-state index is 0.296. The second kappa shape index (κ2) is 15.2. The Labute approximate surface area is 347 Å². The van der Waals surface area contributed by atoms with Crippen LogP contribution in [-0.4, -0.2) is 15.0 Å². The Balaban J connectivity index is 1.01. The molecular formula is C55H46N4. The number of nitrogens with zero attached hydrogens (tertiary/aromatic N) is 4. The molecule has 0 saturated heterocycles. The predicted molar refractivity (Wildman–Crippen MR) is 241 cm³/mol. The number of hydrogen-bond donors (Lipinski definition) is 0. The maximum atomic E-state index is 9.32. The first-order valence-corrected chi connectivity index (χ1v) is 21.1. The topological polar surface area (TPSA) is 62.5 Å². The minimum atomic E-state index is 0.296. The van der Waals surface area contributed by atoms with Crippen molar-refractivity contribution in [3.63, 3.8) is 0 Å². The van der Waals surface area contributed by atoms with Crippen molar-refractivity contribution in [2.24, 2.45) is 17.8 Å². The summed E-state index contributed by atoms with van der Waals surface area (Å²) in [6, 6.07) is 59.8. The van der Waals surface area contributed by atoms with Gasteiger partial charge < -0.3 is 0 Å². The molecule has 7 aromatic carbocycles. The van der Waals surface area contributed by atoms with E-state index in [0.29, 0.717) is 28.5 Å². The van der Waals surface area contributed by atoms with Gasteiger partial charge in [0.15, 0.2) is 17.5 Å². The van der Waals surface area contributed by atoms with E-state index in [1.807, 2.05) is 42.5 Å². The molecule has 1 aromatic heterocycles. The first kappa shape index (κ1) is 36.6. The molecule has 1 heterocycles. The molecule has 0 spiro atoms. The lowest BCUT2D eigenvalue weighted by Gasteiger charge is -2.50. The van der Waals surface area contributed by atoms with Crippen molar-refractivity contribution in [2.75, 3.05) is 0 Å². The van der Waals surface area contributed by atoms with Crippen LogP contribution in [0, 0.1) is 29.1 Å². The van der Waals surface area contributed by atoms with Crippen LogP contribution in [-0.2, 0) is 5.41 Å². The molecule has 2 unspecified atom stereocenters. The standard InChI is InChI=1S/C55H46N4/c1-36-30-39-31-37(2)33-55(32-36,34-39)45-26-24-42(25-27-45)46-12-6-9-15-51(46)54-58-52(43-10-4-3-5-11-43)57-53(59-54)44-22-20-41(21-23-44)48-29-28-47(49-13-7-8-14-50(48)49)40-18-16-38(35-56)17-19-40/h3-29,36-37,39H,30-34H2,1-2H3/t36-,37+,39?,55?. The zero-order valence-electron chi connectivity index (χ0n) is 33.6. The van der Waals surface area contributed by atoms with E-state index < -0.39 is 0 Å². The lowest BCUT2D eigenvalue weighted by molar-refractivity contribution is 0.0780. The predicted octanol–water partition coefficient (Wildman–Crippen LogP) is 14.0. The summed E-state index contributed by atoms with van der Waals surface area (Å²) in [7, 11) is 0. The SMILES string of the molecule is C[C@@H]1CC2C[C@H](C)CC(c3ccc(-c4ccccc4-c4nc(-c5ccccc5)nc(-c5ccc(-c6ccc(-c7ccc(C#N)cc7)c7ccccc67)cc5)n4)cc3)(C2)C1. The average Bonchev–Trinajstić information content (AvgIpc) is 3.28. The molecule has 0 amide bonds. The van der Waals surface area contributed by atoms with E-state index in [4.69, 9.17) is 15.0 Å². The first-order valence-electron chi connectivity index (χ1n) is 21.1. The second-order valence-corrected chi connectivity index (χ2v) is 17.2. The van der Waals surface area contributed by atoms with Gasteiger partial charge in [-0.25, -0.2) is 15.0 Å². The Kier molecular flexibility index (Phi) is 9.46. The van der Waals surface area contributed by atoms with E-state index in [1.165, 1.54) is 54.0 Å². The fraction of sp³-hybridized carbons (Fsp3) is 0.200. The summed E-state index contributed by atoms with van der Waals surface area (Å²) in [5, 5.41) is 11.7. The van der Waals surface area contributed by atoms with Crippen LogP contribution in [0.25, 0.3) is 78.3 Å². The number of benzene rings is 7. The Hall–Kier alpha value is -6.70. The van der Waals surface area contributed by atoms with Crippen molar-refractivity contribution < 1.29 is 0 Å². The van der Waals surface area contributed by atoms with Gasteiger partial charge in [-0.1, -0.05) is 166 Å². The van der Waals surface area contributed by atoms with Crippen LogP contribution in [0.4, 0.5) is 0 Å². The van der Waals surface area contributed by atoms with Crippen LogP contribution in [0.2, 0.25) is 0 Å². The second-order valence-electron chi connectivity index (χ2n) is 17.2. The van der Waals surface area contributed by atoms with Crippen LogP contribution in [0.15, 0.2) is 164 Å². The molecule has 0 radical (unpaired) electrons. The van der Waals surface area contributed by atoms with E-state index in [2.05, 4.69) is 141 Å². The molecule has 0 N–H and O–H groups in total. The van der Waals surface area contributed by atoms with Gasteiger partial charge in [-0.3, -0.25) is 0 Å². The molecule has 10 rings (SSSR count). The third-order valence-corrected chi connectivity index (χ3v) is 13.0. The molecule has 2 fully saturated rings. The van der Waals surface area contributed by atoms with Gasteiger partial charge in [-0.15, -0.1) is 0 Å². The largest absolute Gasteiger partial charge is 0.208 e. The Morgan fingerprint density at radius 1 is 0.441 bits per heavy atom. The van der Waals surface area contributed by atoms with E-state index >= 15 is 0 Å². The Bertz CT molecular complexity index is 2820. The summed E-state index contributed by atoms with van der Waals surface area (Å²) in [6.45, 7) is 4.92. The van der Waals surface area contributed by atoms with Gasteiger partial charge >= 0.3 is 0 Å². The van der Waals surface area contributed by atoms with Crippen LogP contribution < -0.4 is 0 Å². The molecule has 2 bridgehead atoms. The number of fused-ring (bicyclic) bond motifs is 3. The van der Waals surface area contributed by atoms with Crippen LogP contribution in [0.1, 0.15) is 57.1 Å². The number of rotatable bonds is 7. The highest BCUT2D eigenvalue weighted by Gasteiger charge is 2.45. The van der Waals surface area contributed by atoms with Crippen LogP contribution in [0.3, 0.4) is 0 Å². The maximum Gasteiger partial charge on any atom is 0.164 e.